The molecule has 0 bridgehead atoms. The predicted molar refractivity (Wildman–Crippen MR) is 78.1 cm³/mol. The Bertz CT molecular complexity index is 658. The average Bonchev–Trinajstić information content (AvgIpc) is 3.29. The highest BCUT2D eigenvalue weighted by atomic mass is 19.4. The van der Waals surface area contributed by atoms with Gasteiger partial charge in [0.25, 0.3) is 0 Å². The van der Waals surface area contributed by atoms with Crippen molar-refractivity contribution in [1.82, 2.24) is 5.43 Å². The first-order valence-corrected chi connectivity index (χ1v) is 7.23. The van der Waals surface area contributed by atoms with E-state index >= 15 is 0 Å². The first-order valence-electron chi connectivity index (χ1n) is 7.23. The maximum atomic E-state index is 13.3. The van der Waals surface area contributed by atoms with Gasteiger partial charge >= 0.3 is 6.18 Å². The molecule has 1 aliphatic heterocycles. The number of carbonyl (C=O) groups is 1. The van der Waals surface area contributed by atoms with E-state index in [0.717, 1.165) is 6.07 Å². The lowest BCUT2D eigenvalue weighted by molar-refractivity contribution is -0.137. The molecule has 1 saturated carbocycles. The Balaban J connectivity index is 1.90. The summed E-state index contributed by atoms with van der Waals surface area (Å²) in [6.45, 7) is 0.585. The summed E-state index contributed by atoms with van der Waals surface area (Å²) >= 11 is 0. The molecule has 23 heavy (non-hydrogen) atoms. The van der Waals surface area contributed by atoms with Gasteiger partial charge in [-0.05, 0) is 24.1 Å². The fourth-order valence-corrected chi connectivity index (χ4v) is 2.73. The van der Waals surface area contributed by atoms with Crippen LogP contribution in [-0.2, 0) is 15.7 Å². The molecule has 1 amide bonds. The van der Waals surface area contributed by atoms with Gasteiger partial charge < -0.3 is 10.1 Å². The topological polar surface area (TPSA) is 62.7 Å². The Morgan fingerprint density at radius 2 is 2.17 bits per heavy atom. The minimum Gasteiger partial charge on any atom is -0.383 e. The molecule has 1 aromatic carbocycles. The van der Waals surface area contributed by atoms with Crippen LogP contribution < -0.4 is 10.7 Å². The molecule has 1 fully saturated rings. The van der Waals surface area contributed by atoms with E-state index in [2.05, 4.69) is 15.8 Å². The number of methoxy groups -OCH3 is 1. The number of carbonyl (C=O) groups excluding carboxylic acids is 1. The fraction of sp³-hybridized carbons (Fsp3) is 0.467. The van der Waals surface area contributed by atoms with Crippen molar-refractivity contribution in [2.45, 2.75) is 12.6 Å². The van der Waals surface area contributed by atoms with Crippen LogP contribution in [0.15, 0.2) is 23.3 Å². The van der Waals surface area contributed by atoms with Gasteiger partial charge in [-0.25, -0.2) is 5.43 Å². The van der Waals surface area contributed by atoms with Crippen molar-refractivity contribution in [2.75, 3.05) is 25.6 Å². The lowest BCUT2D eigenvalue weighted by atomic mass is 10.00. The highest BCUT2D eigenvalue weighted by Crippen LogP contribution is 2.44. The molecule has 1 heterocycles. The lowest BCUT2D eigenvalue weighted by Crippen LogP contribution is -2.29. The number of amides is 1. The molecule has 3 rings (SSSR count). The van der Waals surface area contributed by atoms with Crippen LogP contribution in [-0.4, -0.2) is 31.9 Å². The van der Waals surface area contributed by atoms with Crippen LogP contribution in [0.4, 0.5) is 18.9 Å². The molecule has 0 saturated heterocycles. The Morgan fingerprint density at radius 3 is 2.87 bits per heavy atom. The number of hydrogen-bond donors (Lipinski definition) is 2. The quantitative estimate of drug-likeness (QED) is 0.815. The summed E-state index contributed by atoms with van der Waals surface area (Å²) in [6, 6.07) is 4.07. The molecule has 124 valence electrons. The maximum absolute atomic E-state index is 13.3. The Hall–Kier alpha value is -2.09. The van der Waals surface area contributed by atoms with Crippen LogP contribution in [0.3, 0.4) is 0 Å². The number of rotatable bonds is 5. The third-order valence-corrected chi connectivity index (χ3v) is 4.01. The fourth-order valence-electron chi connectivity index (χ4n) is 2.73. The largest absolute Gasteiger partial charge is 0.418 e. The van der Waals surface area contributed by atoms with E-state index in [9.17, 15) is 18.0 Å². The Kier molecular flexibility index (Phi) is 4.01. The number of ether oxygens (including phenoxy) is 1. The van der Waals surface area contributed by atoms with E-state index in [1.165, 1.54) is 13.2 Å². The minimum absolute atomic E-state index is 0.00564. The summed E-state index contributed by atoms with van der Waals surface area (Å²) in [5, 5.41) is 6.67. The molecule has 0 radical (unpaired) electrons. The normalized spacial score (nSPS) is 23.0. The van der Waals surface area contributed by atoms with E-state index in [4.69, 9.17) is 4.74 Å². The lowest BCUT2D eigenvalue weighted by Gasteiger charge is -2.17. The molecule has 2 aliphatic rings. The molecule has 0 aromatic heterocycles. The van der Waals surface area contributed by atoms with Crippen LogP contribution >= 0.6 is 0 Å². The predicted octanol–water partition coefficient (Wildman–Crippen LogP) is 2.23. The summed E-state index contributed by atoms with van der Waals surface area (Å²) in [5.41, 5.74) is 2.54. The first-order chi connectivity index (χ1) is 10.9. The number of benzene rings is 1. The van der Waals surface area contributed by atoms with Gasteiger partial charge in [-0.2, -0.15) is 18.3 Å². The van der Waals surface area contributed by atoms with Crippen LogP contribution in [0.25, 0.3) is 0 Å². The Morgan fingerprint density at radius 1 is 1.39 bits per heavy atom. The van der Waals surface area contributed by atoms with Gasteiger partial charge in [0.2, 0.25) is 5.91 Å². The second kappa shape index (κ2) is 5.84. The van der Waals surface area contributed by atoms with Crippen molar-refractivity contribution in [3.05, 3.63) is 29.3 Å². The highest BCUT2D eigenvalue weighted by molar-refractivity contribution is 6.09. The molecular formula is C15H16F3N3O2. The molecule has 8 heteroatoms. The smallest absolute Gasteiger partial charge is 0.383 e. The summed E-state index contributed by atoms with van der Waals surface area (Å²) in [6.07, 6.45) is -3.84. The molecule has 1 aliphatic carbocycles. The third kappa shape index (κ3) is 3.17. The van der Waals surface area contributed by atoms with Crippen LogP contribution in [0.2, 0.25) is 0 Å². The van der Waals surface area contributed by atoms with Gasteiger partial charge in [-0.15, -0.1) is 0 Å². The van der Waals surface area contributed by atoms with Gasteiger partial charge in [0.1, 0.15) is 0 Å². The molecule has 2 N–H and O–H groups in total. The molecular weight excluding hydrogens is 311 g/mol. The Labute approximate surface area is 130 Å². The van der Waals surface area contributed by atoms with Crippen molar-refractivity contribution in [2.24, 2.45) is 16.9 Å². The monoisotopic (exact) mass is 327 g/mol. The van der Waals surface area contributed by atoms with E-state index in [-0.39, 0.29) is 30.0 Å². The SMILES string of the molecule is COCCNc1ccc(C2=NNC(=O)[C@H]3C[C@@H]23)cc1C(F)(F)F. The number of hydrogen-bond acceptors (Lipinski definition) is 4. The highest BCUT2D eigenvalue weighted by Gasteiger charge is 2.49. The van der Waals surface area contributed by atoms with Gasteiger partial charge in [-0.3, -0.25) is 4.79 Å². The summed E-state index contributed by atoms with van der Waals surface area (Å²) < 4.78 is 44.7. The number of fused-ring (bicyclic) bond motifs is 1. The van der Waals surface area contributed by atoms with E-state index in [1.54, 1.807) is 6.07 Å². The zero-order chi connectivity index (χ0) is 16.6. The number of alkyl halides is 3. The van der Waals surface area contributed by atoms with Crippen molar-refractivity contribution in [3.63, 3.8) is 0 Å². The third-order valence-electron chi connectivity index (χ3n) is 4.01. The summed E-state index contributed by atoms with van der Waals surface area (Å²) in [4.78, 5) is 11.4. The zero-order valence-corrected chi connectivity index (χ0v) is 12.4. The van der Waals surface area contributed by atoms with E-state index in [1.807, 2.05) is 0 Å². The first kappa shape index (κ1) is 15.8. The second-order valence-electron chi connectivity index (χ2n) is 5.60. The summed E-state index contributed by atoms with van der Waals surface area (Å²) in [5.74, 6) is -0.388. The summed E-state index contributed by atoms with van der Waals surface area (Å²) in [7, 11) is 1.48. The number of hydrazone groups is 1. The molecule has 0 spiro atoms. The standard InChI is InChI=1S/C15H16F3N3O2/c1-23-5-4-19-12-3-2-8(6-11(12)15(16,17)18)13-9-7-10(9)14(22)21-20-13/h2-3,6,9-10,19H,4-5,7H2,1H3,(H,21,22)/t9-,10+/m1/s1. The minimum atomic E-state index is -4.48. The number of halogens is 3. The van der Waals surface area contributed by atoms with Crippen LogP contribution in [0.1, 0.15) is 17.5 Å². The zero-order valence-electron chi connectivity index (χ0n) is 12.4. The van der Waals surface area contributed by atoms with Crippen molar-refractivity contribution in [3.8, 4) is 0 Å². The second-order valence-corrected chi connectivity index (χ2v) is 5.60. The van der Waals surface area contributed by atoms with E-state index < -0.39 is 11.7 Å². The van der Waals surface area contributed by atoms with Crippen LogP contribution in [0.5, 0.6) is 0 Å². The molecule has 1 aromatic rings. The van der Waals surface area contributed by atoms with E-state index in [0.29, 0.717) is 24.3 Å². The van der Waals surface area contributed by atoms with Gasteiger partial charge in [0, 0.05) is 31.2 Å². The number of nitrogens with zero attached hydrogens (tertiary/aromatic N) is 1. The number of anilines is 1. The molecule has 0 unspecified atom stereocenters. The van der Waals surface area contributed by atoms with Gasteiger partial charge in [0.15, 0.2) is 0 Å². The molecule has 5 nitrogen and oxygen atoms in total. The average molecular weight is 327 g/mol. The maximum Gasteiger partial charge on any atom is 0.418 e. The van der Waals surface area contributed by atoms with Gasteiger partial charge in [0.05, 0.1) is 17.9 Å². The molecule has 2 atom stereocenters. The van der Waals surface area contributed by atoms with Crippen molar-refractivity contribution in [1.29, 1.82) is 0 Å². The van der Waals surface area contributed by atoms with Crippen LogP contribution in [0, 0.1) is 11.8 Å². The van der Waals surface area contributed by atoms with Crippen molar-refractivity contribution < 1.29 is 22.7 Å². The van der Waals surface area contributed by atoms with Crippen molar-refractivity contribution >= 4 is 17.3 Å². The number of nitrogens with one attached hydrogen (secondary N) is 2. The van der Waals surface area contributed by atoms with Gasteiger partial charge in [-0.1, -0.05) is 6.07 Å².